The first-order chi connectivity index (χ1) is 15.5. The standard InChI is InChI=1S/C24H25N3O3S2/c1-16-20(17-8-4-3-5-9-17)21(23(29)30-2)22(32-16)25-24(31)27-14-12-26(13-15-27)18-10-6-7-11-19(18)28/h3-11,28H,12-15H2,1-2H3,(H,25,31). The molecule has 1 aliphatic heterocycles. The minimum Gasteiger partial charge on any atom is -0.506 e. The zero-order valence-corrected chi connectivity index (χ0v) is 19.6. The Morgan fingerprint density at radius 1 is 1.06 bits per heavy atom. The van der Waals surface area contributed by atoms with E-state index in [2.05, 4.69) is 15.1 Å². The largest absolute Gasteiger partial charge is 0.506 e. The fourth-order valence-electron chi connectivity index (χ4n) is 3.94. The van der Waals surface area contributed by atoms with Crippen molar-refractivity contribution in [2.24, 2.45) is 0 Å². The zero-order valence-electron chi connectivity index (χ0n) is 18.0. The number of para-hydroxylation sites is 2. The van der Waals surface area contributed by atoms with Crippen molar-refractivity contribution in [3.05, 3.63) is 65.0 Å². The number of carbonyl (C=O) groups is 1. The van der Waals surface area contributed by atoms with Gasteiger partial charge in [-0.25, -0.2) is 4.79 Å². The second-order valence-corrected chi connectivity index (χ2v) is 9.10. The molecule has 4 rings (SSSR count). The van der Waals surface area contributed by atoms with E-state index < -0.39 is 0 Å². The summed E-state index contributed by atoms with van der Waals surface area (Å²) >= 11 is 7.19. The molecule has 0 atom stereocenters. The predicted molar refractivity (Wildman–Crippen MR) is 134 cm³/mol. The van der Waals surface area contributed by atoms with Crippen molar-refractivity contribution in [3.8, 4) is 16.9 Å². The van der Waals surface area contributed by atoms with Gasteiger partial charge in [0.2, 0.25) is 0 Å². The number of hydrogen-bond donors (Lipinski definition) is 2. The molecule has 6 nitrogen and oxygen atoms in total. The van der Waals surface area contributed by atoms with E-state index >= 15 is 0 Å². The molecule has 1 fully saturated rings. The summed E-state index contributed by atoms with van der Waals surface area (Å²) in [6.07, 6.45) is 0. The first kappa shape index (κ1) is 22.1. The van der Waals surface area contributed by atoms with Crippen molar-refractivity contribution in [1.29, 1.82) is 0 Å². The Morgan fingerprint density at radius 3 is 2.38 bits per heavy atom. The Bertz CT molecular complexity index is 1120. The van der Waals surface area contributed by atoms with E-state index in [4.69, 9.17) is 17.0 Å². The first-order valence-corrected chi connectivity index (χ1v) is 11.6. The van der Waals surface area contributed by atoms with Gasteiger partial charge >= 0.3 is 5.97 Å². The molecule has 1 aromatic heterocycles. The molecular weight excluding hydrogens is 442 g/mol. The molecule has 0 saturated carbocycles. The Hall–Kier alpha value is -3.10. The van der Waals surface area contributed by atoms with Gasteiger partial charge in [0.25, 0.3) is 0 Å². The van der Waals surface area contributed by atoms with Crippen LogP contribution in [0.1, 0.15) is 15.2 Å². The minimum atomic E-state index is -0.386. The summed E-state index contributed by atoms with van der Waals surface area (Å²) < 4.78 is 5.09. The number of phenolic OH excluding ortho intramolecular Hbond substituents is 1. The minimum absolute atomic E-state index is 0.284. The SMILES string of the molecule is COC(=O)c1c(NC(=S)N2CCN(c3ccccc3O)CC2)sc(C)c1-c1ccccc1. The highest BCUT2D eigenvalue weighted by Crippen LogP contribution is 2.40. The molecule has 0 spiro atoms. The highest BCUT2D eigenvalue weighted by molar-refractivity contribution is 7.80. The van der Waals surface area contributed by atoms with Crippen LogP contribution in [0.4, 0.5) is 10.7 Å². The maximum Gasteiger partial charge on any atom is 0.341 e. The quantitative estimate of drug-likeness (QED) is 0.425. The van der Waals surface area contributed by atoms with Crippen LogP contribution in [-0.2, 0) is 4.74 Å². The highest BCUT2D eigenvalue weighted by atomic mass is 32.1. The molecule has 2 N–H and O–H groups in total. The maximum atomic E-state index is 12.7. The summed E-state index contributed by atoms with van der Waals surface area (Å²) in [5, 5.41) is 14.7. The van der Waals surface area contributed by atoms with E-state index in [1.807, 2.05) is 55.5 Å². The van der Waals surface area contributed by atoms with E-state index in [1.165, 1.54) is 18.4 Å². The molecule has 0 amide bonds. The lowest BCUT2D eigenvalue weighted by Crippen LogP contribution is -2.50. The topological polar surface area (TPSA) is 65.0 Å². The van der Waals surface area contributed by atoms with Gasteiger partial charge in [-0.15, -0.1) is 11.3 Å². The lowest BCUT2D eigenvalue weighted by atomic mass is 10.0. The summed E-state index contributed by atoms with van der Waals surface area (Å²) in [6.45, 7) is 4.90. The number of thiocarbonyl (C=S) groups is 1. The number of carbonyl (C=O) groups excluding carboxylic acids is 1. The molecule has 0 unspecified atom stereocenters. The molecule has 0 aliphatic carbocycles. The molecule has 2 heterocycles. The molecule has 3 aromatic rings. The molecule has 32 heavy (non-hydrogen) atoms. The number of rotatable bonds is 4. The van der Waals surface area contributed by atoms with Crippen LogP contribution in [0.2, 0.25) is 0 Å². The lowest BCUT2D eigenvalue weighted by molar-refractivity contribution is 0.0603. The van der Waals surface area contributed by atoms with Crippen LogP contribution < -0.4 is 10.2 Å². The van der Waals surface area contributed by atoms with Crippen molar-refractivity contribution in [2.45, 2.75) is 6.92 Å². The molecule has 1 aliphatic rings. The van der Waals surface area contributed by atoms with Crippen LogP contribution >= 0.6 is 23.6 Å². The number of thiophene rings is 1. The predicted octanol–water partition coefficient (Wildman–Crippen LogP) is 4.73. The van der Waals surface area contributed by atoms with E-state index in [9.17, 15) is 9.90 Å². The van der Waals surface area contributed by atoms with Crippen LogP contribution in [0.15, 0.2) is 54.6 Å². The Balaban J connectivity index is 1.52. The number of methoxy groups -OCH3 is 1. The molecule has 1 saturated heterocycles. The Morgan fingerprint density at radius 2 is 1.72 bits per heavy atom. The number of ether oxygens (including phenoxy) is 1. The van der Waals surface area contributed by atoms with Gasteiger partial charge in [-0.3, -0.25) is 0 Å². The average molecular weight is 468 g/mol. The molecule has 0 bridgehead atoms. The van der Waals surface area contributed by atoms with Gasteiger partial charge in [-0.2, -0.15) is 0 Å². The number of benzene rings is 2. The van der Waals surface area contributed by atoms with Crippen LogP contribution in [0.25, 0.3) is 11.1 Å². The number of aromatic hydroxyl groups is 1. The van der Waals surface area contributed by atoms with E-state index in [0.717, 1.165) is 34.8 Å². The smallest absolute Gasteiger partial charge is 0.341 e. The lowest BCUT2D eigenvalue weighted by Gasteiger charge is -2.37. The molecule has 166 valence electrons. The number of hydrogen-bond acceptors (Lipinski definition) is 6. The van der Waals surface area contributed by atoms with Crippen molar-refractivity contribution in [1.82, 2.24) is 4.90 Å². The fraction of sp³-hybridized carbons (Fsp3) is 0.250. The van der Waals surface area contributed by atoms with Crippen LogP contribution in [0.5, 0.6) is 5.75 Å². The third-order valence-corrected chi connectivity index (χ3v) is 6.93. The van der Waals surface area contributed by atoms with Gasteiger partial charge in [0.1, 0.15) is 16.3 Å². The van der Waals surface area contributed by atoms with Crippen LogP contribution in [-0.4, -0.2) is 54.4 Å². The van der Waals surface area contributed by atoms with Gasteiger partial charge in [0, 0.05) is 36.6 Å². The number of nitrogens with zero attached hydrogens (tertiary/aromatic N) is 2. The van der Waals surface area contributed by atoms with Gasteiger partial charge < -0.3 is 25.0 Å². The fourth-order valence-corrected chi connectivity index (χ4v) is 5.35. The van der Waals surface area contributed by atoms with Gasteiger partial charge in [-0.1, -0.05) is 42.5 Å². The van der Waals surface area contributed by atoms with Crippen molar-refractivity contribution in [2.75, 3.05) is 43.5 Å². The second kappa shape index (κ2) is 9.58. The number of nitrogens with one attached hydrogen (secondary N) is 1. The van der Waals surface area contributed by atoms with E-state index in [1.54, 1.807) is 6.07 Å². The first-order valence-electron chi connectivity index (χ1n) is 10.4. The van der Waals surface area contributed by atoms with Crippen molar-refractivity contribution in [3.63, 3.8) is 0 Å². The van der Waals surface area contributed by atoms with Gasteiger partial charge in [0.05, 0.1) is 12.8 Å². The van der Waals surface area contributed by atoms with Crippen LogP contribution in [0.3, 0.4) is 0 Å². The normalized spacial score (nSPS) is 13.7. The number of phenols is 1. The van der Waals surface area contributed by atoms with Gasteiger partial charge in [-0.05, 0) is 36.8 Å². The summed E-state index contributed by atoms with van der Waals surface area (Å²) in [5.74, 6) is -0.102. The maximum absolute atomic E-state index is 12.7. The number of anilines is 2. The third kappa shape index (κ3) is 4.42. The molecular formula is C24H25N3O3S2. The summed E-state index contributed by atoms with van der Waals surface area (Å²) in [5.41, 5.74) is 3.19. The van der Waals surface area contributed by atoms with Crippen molar-refractivity contribution >= 4 is 45.3 Å². The average Bonchev–Trinajstić information content (AvgIpc) is 3.15. The number of aryl methyl sites for hydroxylation is 1. The monoisotopic (exact) mass is 467 g/mol. The Kier molecular flexibility index (Phi) is 6.62. The van der Waals surface area contributed by atoms with Gasteiger partial charge in [0.15, 0.2) is 5.11 Å². The number of piperazine rings is 1. The molecule has 0 radical (unpaired) electrons. The van der Waals surface area contributed by atoms with E-state index in [0.29, 0.717) is 28.8 Å². The zero-order chi connectivity index (χ0) is 22.7. The van der Waals surface area contributed by atoms with Crippen LogP contribution in [0, 0.1) is 6.92 Å². The van der Waals surface area contributed by atoms with Crippen molar-refractivity contribution < 1.29 is 14.6 Å². The molecule has 2 aromatic carbocycles. The second-order valence-electron chi connectivity index (χ2n) is 7.49. The summed E-state index contributed by atoms with van der Waals surface area (Å²) in [6, 6.07) is 17.2. The highest BCUT2D eigenvalue weighted by Gasteiger charge is 2.26. The summed E-state index contributed by atoms with van der Waals surface area (Å²) in [7, 11) is 1.39. The number of esters is 1. The van der Waals surface area contributed by atoms with E-state index in [-0.39, 0.29) is 11.7 Å². The Labute approximate surface area is 197 Å². The summed E-state index contributed by atoms with van der Waals surface area (Å²) in [4.78, 5) is 17.9. The third-order valence-electron chi connectivity index (χ3n) is 5.55. The molecule has 8 heteroatoms.